The summed E-state index contributed by atoms with van der Waals surface area (Å²) in [6.45, 7) is 1.13. The van der Waals surface area contributed by atoms with E-state index in [9.17, 15) is 4.79 Å². The quantitative estimate of drug-likeness (QED) is 0.774. The topological polar surface area (TPSA) is 54.5 Å². The van der Waals surface area contributed by atoms with Gasteiger partial charge in [0.15, 0.2) is 0 Å². The number of para-hydroxylation sites is 1. The number of carbonyl (C=O) groups excluding carboxylic acids is 1. The molecular weight excluding hydrogens is 338 g/mol. The number of hydrogen-bond donors (Lipinski definition) is 1. The van der Waals surface area contributed by atoms with Gasteiger partial charge in [-0.05, 0) is 29.7 Å². The fourth-order valence-electron chi connectivity index (χ4n) is 3.50. The summed E-state index contributed by atoms with van der Waals surface area (Å²) in [4.78, 5) is 19.5. The van der Waals surface area contributed by atoms with Crippen LogP contribution in [0.2, 0.25) is 0 Å². The summed E-state index contributed by atoms with van der Waals surface area (Å²) in [6.07, 6.45) is 0.808. The Hall–Kier alpha value is -2.92. The molecule has 2 aromatic carbocycles. The van der Waals surface area contributed by atoms with E-state index in [0.29, 0.717) is 18.7 Å². The predicted octanol–water partition coefficient (Wildman–Crippen LogP) is 3.34. The third-order valence-corrected chi connectivity index (χ3v) is 4.95. The molecule has 3 aromatic rings. The van der Waals surface area contributed by atoms with Gasteiger partial charge in [0.25, 0.3) is 5.91 Å². The zero-order chi connectivity index (χ0) is 18.8. The lowest BCUT2D eigenvalue weighted by molar-refractivity contribution is 0.0412. The Morgan fingerprint density at radius 2 is 1.96 bits per heavy atom. The molecule has 0 aliphatic carbocycles. The van der Waals surface area contributed by atoms with Crippen LogP contribution in [0.3, 0.4) is 0 Å². The molecule has 2 heterocycles. The lowest BCUT2D eigenvalue weighted by Crippen LogP contribution is -2.32. The van der Waals surface area contributed by atoms with Crippen molar-refractivity contribution in [3.63, 3.8) is 0 Å². The minimum Gasteiger partial charge on any atom is -0.371 e. The van der Waals surface area contributed by atoms with Crippen LogP contribution in [0, 0.1) is 0 Å². The molecule has 1 aromatic heterocycles. The summed E-state index contributed by atoms with van der Waals surface area (Å²) in [5.41, 5.74) is 3.91. The minimum atomic E-state index is -0.111. The van der Waals surface area contributed by atoms with Crippen LogP contribution in [0.25, 0.3) is 10.9 Å². The van der Waals surface area contributed by atoms with Crippen molar-refractivity contribution in [2.45, 2.75) is 12.5 Å². The van der Waals surface area contributed by atoms with Gasteiger partial charge < -0.3 is 15.0 Å². The normalized spacial score (nSPS) is 16.0. The number of hydrogen-bond acceptors (Lipinski definition) is 4. The molecule has 1 aliphatic heterocycles. The Morgan fingerprint density at radius 3 is 2.81 bits per heavy atom. The van der Waals surface area contributed by atoms with E-state index in [1.807, 2.05) is 61.5 Å². The standard InChI is InChI=1S/C22H23N3O2/c1-25(2)21-13-18(17-9-5-6-10-19(17)24-21)22(26)23-14-20-16-8-4-3-7-15(16)11-12-27-20/h3-10,13,20H,11-12,14H2,1-2H3,(H,23,26). The molecule has 5 nitrogen and oxygen atoms in total. The van der Waals surface area contributed by atoms with Crippen molar-refractivity contribution >= 4 is 22.6 Å². The molecule has 0 fully saturated rings. The summed E-state index contributed by atoms with van der Waals surface area (Å²) in [5.74, 6) is 0.654. The van der Waals surface area contributed by atoms with Gasteiger partial charge in [0.05, 0.1) is 17.7 Å². The minimum absolute atomic E-state index is 0.108. The zero-order valence-corrected chi connectivity index (χ0v) is 15.6. The Balaban J connectivity index is 1.59. The van der Waals surface area contributed by atoms with E-state index in [2.05, 4.69) is 22.4 Å². The number of rotatable bonds is 4. The van der Waals surface area contributed by atoms with Crippen molar-refractivity contribution < 1.29 is 9.53 Å². The maximum Gasteiger partial charge on any atom is 0.252 e. The second-order valence-corrected chi connectivity index (χ2v) is 6.96. The molecule has 138 valence electrons. The fourth-order valence-corrected chi connectivity index (χ4v) is 3.50. The van der Waals surface area contributed by atoms with Gasteiger partial charge in [-0.3, -0.25) is 4.79 Å². The van der Waals surface area contributed by atoms with E-state index in [1.54, 1.807) is 0 Å². The molecule has 0 saturated heterocycles. The first kappa shape index (κ1) is 17.5. The first-order valence-corrected chi connectivity index (χ1v) is 9.18. The van der Waals surface area contributed by atoms with E-state index in [1.165, 1.54) is 5.56 Å². The molecule has 1 aliphatic rings. The number of nitrogens with one attached hydrogen (secondary N) is 1. The van der Waals surface area contributed by atoms with Crippen LogP contribution in [0.1, 0.15) is 27.6 Å². The lowest BCUT2D eigenvalue weighted by Gasteiger charge is -2.26. The first-order chi connectivity index (χ1) is 13.1. The van der Waals surface area contributed by atoms with Gasteiger partial charge in [0.1, 0.15) is 11.9 Å². The molecule has 1 N–H and O–H groups in total. The molecule has 1 amide bonds. The number of anilines is 1. The van der Waals surface area contributed by atoms with Gasteiger partial charge in [0, 0.05) is 26.0 Å². The second kappa shape index (κ2) is 7.37. The van der Waals surface area contributed by atoms with E-state index in [-0.39, 0.29) is 12.0 Å². The highest BCUT2D eigenvalue weighted by Gasteiger charge is 2.22. The van der Waals surface area contributed by atoms with Crippen LogP contribution >= 0.6 is 0 Å². The van der Waals surface area contributed by atoms with E-state index >= 15 is 0 Å². The van der Waals surface area contributed by atoms with Crippen molar-refractivity contribution in [1.29, 1.82) is 0 Å². The van der Waals surface area contributed by atoms with Crippen molar-refractivity contribution in [3.05, 3.63) is 71.3 Å². The molecule has 1 atom stereocenters. The molecule has 0 bridgehead atoms. The summed E-state index contributed by atoms with van der Waals surface area (Å²) >= 11 is 0. The van der Waals surface area contributed by atoms with Gasteiger partial charge in [0.2, 0.25) is 0 Å². The number of aromatic nitrogens is 1. The monoisotopic (exact) mass is 361 g/mol. The molecule has 4 rings (SSSR count). The van der Waals surface area contributed by atoms with Crippen LogP contribution in [0.4, 0.5) is 5.82 Å². The zero-order valence-electron chi connectivity index (χ0n) is 15.6. The molecule has 0 radical (unpaired) electrons. The Bertz CT molecular complexity index is 984. The van der Waals surface area contributed by atoms with Crippen molar-refractivity contribution in [2.75, 3.05) is 32.1 Å². The van der Waals surface area contributed by atoms with Crippen molar-refractivity contribution in [2.24, 2.45) is 0 Å². The number of pyridine rings is 1. The Labute approximate surface area is 159 Å². The maximum atomic E-state index is 13.0. The van der Waals surface area contributed by atoms with E-state index in [4.69, 9.17) is 4.74 Å². The molecule has 27 heavy (non-hydrogen) atoms. The highest BCUT2D eigenvalue weighted by molar-refractivity contribution is 6.07. The average molecular weight is 361 g/mol. The lowest BCUT2D eigenvalue weighted by atomic mass is 9.97. The average Bonchev–Trinajstić information content (AvgIpc) is 2.71. The van der Waals surface area contributed by atoms with Crippen LogP contribution in [-0.4, -0.2) is 38.1 Å². The number of fused-ring (bicyclic) bond motifs is 2. The second-order valence-electron chi connectivity index (χ2n) is 6.96. The molecule has 0 spiro atoms. The third-order valence-electron chi connectivity index (χ3n) is 4.95. The summed E-state index contributed by atoms with van der Waals surface area (Å²) < 4.78 is 5.90. The highest BCUT2D eigenvalue weighted by atomic mass is 16.5. The number of nitrogens with zero attached hydrogens (tertiary/aromatic N) is 2. The van der Waals surface area contributed by atoms with Crippen molar-refractivity contribution in [1.82, 2.24) is 10.3 Å². The number of carbonyl (C=O) groups is 1. The highest BCUT2D eigenvalue weighted by Crippen LogP contribution is 2.27. The van der Waals surface area contributed by atoms with Crippen LogP contribution in [-0.2, 0) is 11.2 Å². The van der Waals surface area contributed by atoms with Gasteiger partial charge in [-0.1, -0.05) is 42.5 Å². The SMILES string of the molecule is CN(C)c1cc(C(=O)NCC2OCCc3ccccc32)c2ccccc2n1. The number of ether oxygens (including phenoxy) is 1. The van der Waals surface area contributed by atoms with Gasteiger partial charge in [-0.15, -0.1) is 0 Å². The van der Waals surface area contributed by atoms with E-state index < -0.39 is 0 Å². The van der Waals surface area contributed by atoms with E-state index in [0.717, 1.165) is 28.7 Å². The molecule has 5 heteroatoms. The van der Waals surface area contributed by atoms with Crippen LogP contribution < -0.4 is 10.2 Å². The number of amides is 1. The third kappa shape index (κ3) is 3.51. The van der Waals surface area contributed by atoms with Gasteiger partial charge in [-0.25, -0.2) is 4.98 Å². The number of benzene rings is 2. The molecule has 0 saturated carbocycles. The van der Waals surface area contributed by atoms with Gasteiger partial charge in [-0.2, -0.15) is 0 Å². The summed E-state index contributed by atoms with van der Waals surface area (Å²) in [5, 5.41) is 3.91. The van der Waals surface area contributed by atoms with Crippen LogP contribution in [0.15, 0.2) is 54.6 Å². The largest absolute Gasteiger partial charge is 0.371 e. The molecule has 1 unspecified atom stereocenters. The predicted molar refractivity (Wildman–Crippen MR) is 107 cm³/mol. The first-order valence-electron chi connectivity index (χ1n) is 9.18. The Morgan fingerprint density at radius 1 is 1.19 bits per heavy atom. The summed E-state index contributed by atoms with van der Waals surface area (Å²) in [7, 11) is 3.84. The smallest absolute Gasteiger partial charge is 0.252 e. The fraction of sp³-hybridized carbons (Fsp3) is 0.273. The van der Waals surface area contributed by atoms with Gasteiger partial charge >= 0.3 is 0 Å². The van der Waals surface area contributed by atoms with Crippen molar-refractivity contribution in [3.8, 4) is 0 Å². The molecular formula is C22H23N3O2. The summed E-state index contributed by atoms with van der Waals surface area (Å²) in [6, 6.07) is 17.8. The Kier molecular flexibility index (Phi) is 4.77. The van der Waals surface area contributed by atoms with Crippen LogP contribution in [0.5, 0.6) is 0 Å². The maximum absolute atomic E-state index is 13.0.